The van der Waals surface area contributed by atoms with Crippen LogP contribution in [0, 0.1) is 10.5 Å². The van der Waals surface area contributed by atoms with E-state index >= 15 is 0 Å². The van der Waals surface area contributed by atoms with Gasteiger partial charge in [0.15, 0.2) is 0 Å². The Morgan fingerprint density at radius 2 is 2.11 bits per heavy atom. The topological polar surface area (TPSA) is 28.7 Å². The zero-order valence-corrected chi connectivity index (χ0v) is 14.1. The van der Waals surface area contributed by atoms with E-state index in [-0.39, 0.29) is 5.82 Å². The Balaban J connectivity index is 2.59. The molecule has 1 aromatic heterocycles. The van der Waals surface area contributed by atoms with Crippen LogP contribution in [0.1, 0.15) is 19.0 Å². The number of hydrogen-bond donors (Lipinski definition) is 1. The number of nitrogens with zero attached hydrogens (tertiary/aromatic N) is 1. The van der Waals surface area contributed by atoms with Gasteiger partial charge in [-0.05, 0) is 56.5 Å². The van der Waals surface area contributed by atoms with Crippen LogP contribution in [-0.4, -0.2) is 9.97 Å². The molecular weight excluding hydrogens is 395 g/mol. The standard InChI is InChI=1S/C13H11Br2FN2S/c1-2-3-10-11(15)13(19)18-12(17-10)8-5-4-7(16)6-9(8)14/h4-6H,2-3H2,1H3,(H,17,18,19). The number of aryl methyl sites for hydroxylation is 1. The van der Waals surface area contributed by atoms with Gasteiger partial charge in [-0.3, -0.25) is 0 Å². The minimum Gasteiger partial charge on any atom is -0.342 e. The third-order valence-electron chi connectivity index (χ3n) is 2.62. The number of benzene rings is 1. The van der Waals surface area contributed by atoms with Crippen molar-refractivity contribution in [2.75, 3.05) is 0 Å². The second-order valence-corrected chi connectivity index (χ2v) is 6.09. The summed E-state index contributed by atoms with van der Waals surface area (Å²) in [6.45, 7) is 2.09. The minimum atomic E-state index is -0.292. The summed E-state index contributed by atoms with van der Waals surface area (Å²) in [6.07, 6.45) is 1.87. The van der Waals surface area contributed by atoms with Crippen molar-refractivity contribution in [3.63, 3.8) is 0 Å². The van der Waals surface area contributed by atoms with Crippen molar-refractivity contribution in [2.24, 2.45) is 0 Å². The monoisotopic (exact) mass is 404 g/mol. The maximum atomic E-state index is 13.1. The number of aromatic amines is 1. The van der Waals surface area contributed by atoms with E-state index in [0.29, 0.717) is 14.9 Å². The molecule has 1 N–H and O–H groups in total. The Bertz CT molecular complexity index is 670. The van der Waals surface area contributed by atoms with Gasteiger partial charge in [0.2, 0.25) is 0 Å². The smallest absolute Gasteiger partial charge is 0.144 e. The number of aromatic nitrogens is 2. The van der Waals surface area contributed by atoms with Crippen LogP contribution >= 0.6 is 44.1 Å². The van der Waals surface area contributed by atoms with E-state index in [0.717, 1.165) is 28.6 Å². The van der Waals surface area contributed by atoms with Crippen molar-refractivity contribution in [3.8, 4) is 11.4 Å². The zero-order valence-electron chi connectivity index (χ0n) is 10.1. The molecule has 100 valence electrons. The molecule has 0 radical (unpaired) electrons. The largest absolute Gasteiger partial charge is 0.342 e. The third-order valence-corrected chi connectivity index (χ3v) is 4.69. The summed E-state index contributed by atoms with van der Waals surface area (Å²) in [5.41, 5.74) is 1.80. The van der Waals surface area contributed by atoms with E-state index in [9.17, 15) is 4.39 Å². The highest BCUT2D eigenvalue weighted by Crippen LogP contribution is 2.28. The summed E-state index contributed by atoms with van der Waals surface area (Å²) in [7, 11) is 0. The summed E-state index contributed by atoms with van der Waals surface area (Å²) < 4.78 is 15.1. The molecule has 2 aromatic rings. The van der Waals surface area contributed by atoms with Crippen LogP contribution in [0.25, 0.3) is 11.4 Å². The van der Waals surface area contributed by atoms with Gasteiger partial charge in [-0.1, -0.05) is 25.6 Å². The van der Waals surface area contributed by atoms with Crippen molar-refractivity contribution < 1.29 is 4.39 Å². The highest BCUT2D eigenvalue weighted by Gasteiger charge is 2.10. The first-order valence-corrected chi connectivity index (χ1v) is 7.76. The maximum Gasteiger partial charge on any atom is 0.144 e. The lowest BCUT2D eigenvalue weighted by atomic mass is 10.2. The van der Waals surface area contributed by atoms with Gasteiger partial charge in [0, 0.05) is 15.7 Å². The molecular formula is C13H11Br2FN2S. The van der Waals surface area contributed by atoms with Crippen LogP contribution in [0.5, 0.6) is 0 Å². The van der Waals surface area contributed by atoms with Crippen molar-refractivity contribution in [1.82, 2.24) is 9.97 Å². The highest BCUT2D eigenvalue weighted by atomic mass is 79.9. The molecule has 2 rings (SSSR count). The van der Waals surface area contributed by atoms with Crippen LogP contribution in [0.15, 0.2) is 27.1 Å². The highest BCUT2D eigenvalue weighted by molar-refractivity contribution is 9.11. The van der Waals surface area contributed by atoms with Gasteiger partial charge in [0.1, 0.15) is 16.3 Å². The Hall–Kier alpha value is -0.590. The van der Waals surface area contributed by atoms with E-state index < -0.39 is 0 Å². The van der Waals surface area contributed by atoms with Crippen molar-refractivity contribution >= 4 is 44.1 Å². The molecule has 0 aliphatic heterocycles. The van der Waals surface area contributed by atoms with E-state index in [1.165, 1.54) is 12.1 Å². The predicted molar refractivity (Wildman–Crippen MR) is 84.2 cm³/mol. The number of rotatable bonds is 3. The Morgan fingerprint density at radius 1 is 1.37 bits per heavy atom. The normalized spacial score (nSPS) is 10.7. The predicted octanol–water partition coefficient (Wildman–Crippen LogP) is 5.42. The van der Waals surface area contributed by atoms with Crippen molar-refractivity contribution in [2.45, 2.75) is 19.8 Å². The Kier molecular flexibility index (Phi) is 4.86. The van der Waals surface area contributed by atoms with Gasteiger partial charge in [0.25, 0.3) is 0 Å². The summed E-state index contributed by atoms with van der Waals surface area (Å²) in [4.78, 5) is 7.59. The lowest BCUT2D eigenvalue weighted by Crippen LogP contribution is -1.99. The lowest BCUT2D eigenvalue weighted by molar-refractivity contribution is 0.627. The molecule has 0 spiro atoms. The lowest BCUT2D eigenvalue weighted by Gasteiger charge is -2.09. The Labute approximate surface area is 132 Å². The Morgan fingerprint density at radius 3 is 2.74 bits per heavy atom. The average Bonchev–Trinajstić information content (AvgIpc) is 2.35. The molecule has 0 saturated heterocycles. The fraction of sp³-hybridized carbons (Fsp3) is 0.231. The molecule has 0 atom stereocenters. The van der Waals surface area contributed by atoms with Gasteiger partial charge in [-0.2, -0.15) is 0 Å². The number of hydrogen-bond acceptors (Lipinski definition) is 2. The quantitative estimate of drug-likeness (QED) is 0.690. The van der Waals surface area contributed by atoms with Gasteiger partial charge in [-0.25, -0.2) is 9.37 Å². The summed E-state index contributed by atoms with van der Waals surface area (Å²) in [5, 5.41) is 0. The van der Waals surface area contributed by atoms with Crippen molar-refractivity contribution in [3.05, 3.63) is 43.3 Å². The number of nitrogens with one attached hydrogen (secondary N) is 1. The molecule has 1 aromatic carbocycles. The first-order chi connectivity index (χ1) is 9.02. The molecule has 0 aliphatic rings. The first kappa shape index (κ1) is 14.8. The maximum absolute atomic E-state index is 13.1. The molecule has 6 heteroatoms. The van der Waals surface area contributed by atoms with Crippen LogP contribution < -0.4 is 0 Å². The van der Waals surface area contributed by atoms with E-state index in [4.69, 9.17) is 12.2 Å². The minimum absolute atomic E-state index is 0.292. The molecule has 0 saturated carbocycles. The molecule has 0 fully saturated rings. The SMILES string of the molecule is CCCc1[nH]c(-c2ccc(F)cc2Br)nc(=S)c1Br. The zero-order chi connectivity index (χ0) is 14.0. The summed E-state index contributed by atoms with van der Waals surface area (Å²) in [5.74, 6) is 0.351. The van der Waals surface area contributed by atoms with Gasteiger partial charge < -0.3 is 4.98 Å². The van der Waals surface area contributed by atoms with Gasteiger partial charge in [-0.15, -0.1) is 0 Å². The fourth-order valence-corrected chi connectivity index (χ4v) is 2.88. The second kappa shape index (κ2) is 6.24. The molecule has 0 aliphatic carbocycles. The molecule has 0 amide bonds. The summed E-state index contributed by atoms with van der Waals surface area (Å²) in [6, 6.07) is 4.49. The third kappa shape index (κ3) is 3.30. The molecule has 0 unspecified atom stereocenters. The van der Waals surface area contributed by atoms with Crippen molar-refractivity contribution in [1.29, 1.82) is 0 Å². The molecule has 2 nitrogen and oxygen atoms in total. The number of halogens is 3. The van der Waals surface area contributed by atoms with Gasteiger partial charge >= 0.3 is 0 Å². The molecule has 1 heterocycles. The average molecular weight is 406 g/mol. The van der Waals surface area contributed by atoms with E-state index in [1.807, 2.05) is 0 Å². The van der Waals surface area contributed by atoms with Gasteiger partial charge in [0.05, 0.1) is 4.47 Å². The van der Waals surface area contributed by atoms with Crippen LogP contribution in [0.4, 0.5) is 4.39 Å². The molecule has 0 bridgehead atoms. The van der Waals surface area contributed by atoms with E-state index in [2.05, 4.69) is 48.8 Å². The van der Waals surface area contributed by atoms with Crippen LogP contribution in [0.2, 0.25) is 0 Å². The fourth-order valence-electron chi connectivity index (χ4n) is 1.74. The van der Waals surface area contributed by atoms with E-state index in [1.54, 1.807) is 6.07 Å². The summed E-state index contributed by atoms with van der Waals surface area (Å²) >= 11 is 12.0. The number of H-pyrrole nitrogens is 1. The van der Waals surface area contributed by atoms with Crippen LogP contribution in [-0.2, 0) is 6.42 Å². The molecule has 19 heavy (non-hydrogen) atoms. The van der Waals surface area contributed by atoms with Crippen LogP contribution in [0.3, 0.4) is 0 Å². The second-order valence-electron chi connectivity index (χ2n) is 4.06. The first-order valence-electron chi connectivity index (χ1n) is 5.77.